The van der Waals surface area contributed by atoms with Crippen molar-refractivity contribution in [2.45, 2.75) is 20.8 Å². The highest BCUT2D eigenvalue weighted by Gasteiger charge is 2.16. The van der Waals surface area contributed by atoms with Crippen LogP contribution in [0.3, 0.4) is 0 Å². The number of pyridine rings is 1. The highest BCUT2D eigenvalue weighted by molar-refractivity contribution is 6.09. The van der Waals surface area contributed by atoms with Crippen LogP contribution in [0.25, 0.3) is 44.4 Å². The van der Waals surface area contributed by atoms with Gasteiger partial charge in [-0.05, 0) is 92.1 Å². The number of fused-ring (bicyclic) bond motifs is 3. The number of rotatable bonds is 5. The molecule has 7 heteroatoms. The molecule has 0 bridgehead atoms. The standard InChI is InChI=1S/C37H26N6O/c1-23-10-11-40-36(16-23)43-34-7-5-4-6-32(34)33-9-8-30(18-35(33)43)44-31-15-25(3)14-29(17-31)42-22-28(21-41-42)37-26(19-38)12-24(2)13-27(37)20-39/h4-18,21-22H,1-3H3. The largest absolute Gasteiger partial charge is 0.457 e. The molecule has 0 aliphatic carbocycles. The van der Waals surface area contributed by atoms with E-state index in [0.717, 1.165) is 50.0 Å². The van der Waals surface area contributed by atoms with Gasteiger partial charge in [-0.15, -0.1) is 0 Å². The summed E-state index contributed by atoms with van der Waals surface area (Å²) in [5, 5.41) is 26.4. The smallest absolute Gasteiger partial charge is 0.137 e. The fourth-order valence-electron chi connectivity index (χ4n) is 5.83. The van der Waals surface area contributed by atoms with Gasteiger partial charge in [-0.3, -0.25) is 4.57 Å². The second-order valence-corrected chi connectivity index (χ2v) is 11.0. The Bertz CT molecular complexity index is 2290. The van der Waals surface area contributed by atoms with Crippen molar-refractivity contribution in [3.63, 3.8) is 0 Å². The molecule has 0 N–H and O–H groups in total. The van der Waals surface area contributed by atoms with Crippen LogP contribution in [0.5, 0.6) is 11.5 Å². The molecule has 0 unspecified atom stereocenters. The Morgan fingerprint density at radius 1 is 0.705 bits per heavy atom. The zero-order valence-electron chi connectivity index (χ0n) is 24.4. The molecule has 0 saturated heterocycles. The molecule has 0 aliphatic rings. The second kappa shape index (κ2) is 10.6. The van der Waals surface area contributed by atoms with E-state index < -0.39 is 0 Å². The minimum absolute atomic E-state index is 0.447. The lowest BCUT2D eigenvalue weighted by atomic mass is 9.95. The number of ether oxygens (including phenoxy) is 1. The van der Waals surface area contributed by atoms with Gasteiger partial charge in [0.1, 0.15) is 17.3 Å². The lowest BCUT2D eigenvalue weighted by Crippen LogP contribution is -1.98. The Morgan fingerprint density at radius 3 is 2.23 bits per heavy atom. The summed E-state index contributed by atoms with van der Waals surface area (Å²) in [6.45, 7) is 5.95. The maximum atomic E-state index is 9.75. The van der Waals surface area contributed by atoms with E-state index >= 15 is 0 Å². The molecule has 3 heterocycles. The SMILES string of the molecule is Cc1cc(Oc2ccc3c4ccccc4n(-c4cc(C)ccn4)c3c2)cc(-n2cc(-c3c(C#N)cc(C)cc3C#N)cn2)c1. The number of aryl methyl sites for hydroxylation is 3. The van der Waals surface area contributed by atoms with E-state index in [9.17, 15) is 10.5 Å². The average Bonchev–Trinajstić information content (AvgIpc) is 3.63. The van der Waals surface area contributed by atoms with Crippen LogP contribution in [-0.2, 0) is 0 Å². The predicted octanol–water partition coefficient (Wildman–Crippen LogP) is 8.49. The normalized spacial score (nSPS) is 11.0. The van der Waals surface area contributed by atoms with Crippen LogP contribution in [0.15, 0.2) is 104 Å². The van der Waals surface area contributed by atoms with Crippen molar-refractivity contribution >= 4 is 21.8 Å². The van der Waals surface area contributed by atoms with Crippen LogP contribution in [0.4, 0.5) is 0 Å². The van der Waals surface area contributed by atoms with Crippen molar-refractivity contribution in [2.24, 2.45) is 0 Å². The van der Waals surface area contributed by atoms with Gasteiger partial charge < -0.3 is 4.74 Å². The molecular formula is C37H26N6O. The molecule has 210 valence electrons. The van der Waals surface area contributed by atoms with Gasteiger partial charge in [-0.1, -0.05) is 18.2 Å². The van der Waals surface area contributed by atoms with Gasteiger partial charge in [0.2, 0.25) is 0 Å². The third-order valence-corrected chi connectivity index (χ3v) is 7.71. The maximum absolute atomic E-state index is 9.75. The Hall–Kier alpha value is -6.18. The fourth-order valence-corrected chi connectivity index (χ4v) is 5.83. The first-order chi connectivity index (χ1) is 21.4. The molecule has 0 spiro atoms. The van der Waals surface area contributed by atoms with E-state index in [1.165, 1.54) is 0 Å². The monoisotopic (exact) mass is 570 g/mol. The third-order valence-electron chi connectivity index (χ3n) is 7.71. The lowest BCUT2D eigenvalue weighted by molar-refractivity contribution is 0.482. The fraction of sp³-hybridized carbons (Fsp3) is 0.0811. The Balaban J connectivity index is 1.28. The molecular weight excluding hydrogens is 544 g/mol. The summed E-state index contributed by atoms with van der Waals surface area (Å²) >= 11 is 0. The van der Waals surface area contributed by atoms with Gasteiger partial charge in [0.25, 0.3) is 0 Å². The van der Waals surface area contributed by atoms with Crippen LogP contribution in [0, 0.1) is 43.4 Å². The van der Waals surface area contributed by atoms with Crippen molar-refractivity contribution in [1.29, 1.82) is 10.5 Å². The highest BCUT2D eigenvalue weighted by atomic mass is 16.5. The first-order valence-corrected chi connectivity index (χ1v) is 14.2. The minimum atomic E-state index is 0.447. The second-order valence-electron chi connectivity index (χ2n) is 11.0. The van der Waals surface area contributed by atoms with Crippen molar-refractivity contribution in [3.8, 4) is 46.3 Å². The third kappa shape index (κ3) is 4.63. The van der Waals surface area contributed by atoms with E-state index in [2.05, 4.69) is 70.1 Å². The van der Waals surface area contributed by atoms with Crippen LogP contribution >= 0.6 is 0 Å². The molecule has 0 saturated carbocycles. The molecule has 7 aromatic rings. The average molecular weight is 571 g/mol. The first kappa shape index (κ1) is 26.7. The lowest BCUT2D eigenvalue weighted by Gasteiger charge is -2.11. The molecule has 44 heavy (non-hydrogen) atoms. The van der Waals surface area contributed by atoms with Gasteiger partial charge in [0.05, 0.1) is 46.2 Å². The van der Waals surface area contributed by atoms with E-state index in [1.54, 1.807) is 23.0 Å². The minimum Gasteiger partial charge on any atom is -0.457 e. The number of benzene rings is 4. The van der Waals surface area contributed by atoms with Gasteiger partial charge in [0.15, 0.2) is 0 Å². The van der Waals surface area contributed by atoms with Crippen molar-refractivity contribution in [3.05, 3.63) is 131 Å². The number of hydrogen-bond acceptors (Lipinski definition) is 5. The maximum Gasteiger partial charge on any atom is 0.137 e. The molecule has 4 aromatic carbocycles. The number of aromatic nitrogens is 4. The molecule has 7 rings (SSSR count). The zero-order chi connectivity index (χ0) is 30.4. The van der Waals surface area contributed by atoms with Gasteiger partial charge >= 0.3 is 0 Å². The van der Waals surface area contributed by atoms with Crippen molar-refractivity contribution < 1.29 is 4.74 Å². The first-order valence-electron chi connectivity index (χ1n) is 14.2. The predicted molar refractivity (Wildman–Crippen MR) is 171 cm³/mol. The molecule has 7 nitrogen and oxygen atoms in total. The molecule has 0 atom stereocenters. The Labute approximate surface area is 254 Å². The van der Waals surface area contributed by atoms with E-state index in [4.69, 9.17) is 4.74 Å². The number of para-hydroxylation sites is 1. The molecule has 0 fully saturated rings. The molecule has 0 radical (unpaired) electrons. The summed E-state index contributed by atoms with van der Waals surface area (Å²) in [7, 11) is 0. The number of nitrogens with zero attached hydrogens (tertiary/aromatic N) is 6. The summed E-state index contributed by atoms with van der Waals surface area (Å²) in [4.78, 5) is 4.68. The zero-order valence-corrected chi connectivity index (χ0v) is 24.4. The number of nitriles is 2. The highest BCUT2D eigenvalue weighted by Crippen LogP contribution is 2.36. The summed E-state index contributed by atoms with van der Waals surface area (Å²) in [6, 6.07) is 32.5. The summed E-state index contributed by atoms with van der Waals surface area (Å²) in [6.07, 6.45) is 5.35. The van der Waals surface area contributed by atoms with Gasteiger partial charge in [0, 0.05) is 46.4 Å². The quantitative estimate of drug-likeness (QED) is 0.207. The summed E-state index contributed by atoms with van der Waals surface area (Å²) in [5.74, 6) is 2.22. The van der Waals surface area contributed by atoms with Gasteiger partial charge in [-0.2, -0.15) is 15.6 Å². The van der Waals surface area contributed by atoms with E-state index in [-0.39, 0.29) is 0 Å². The molecule has 3 aromatic heterocycles. The Kier molecular flexibility index (Phi) is 6.42. The van der Waals surface area contributed by atoms with Crippen molar-refractivity contribution in [2.75, 3.05) is 0 Å². The van der Waals surface area contributed by atoms with Crippen LogP contribution in [-0.4, -0.2) is 19.3 Å². The molecule has 0 amide bonds. The van der Waals surface area contributed by atoms with Crippen molar-refractivity contribution in [1.82, 2.24) is 19.3 Å². The number of hydrogen-bond donors (Lipinski definition) is 0. The van der Waals surface area contributed by atoms with E-state index in [1.807, 2.05) is 62.6 Å². The van der Waals surface area contributed by atoms with Crippen LogP contribution in [0.2, 0.25) is 0 Å². The molecule has 0 aliphatic heterocycles. The van der Waals surface area contributed by atoms with Crippen LogP contribution in [0.1, 0.15) is 27.8 Å². The van der Waals surface area contributed by atoms with Crippen LogP contribution < -0.4 is 4.74 Å². The van der Waals surface area contributed by atoms with E-state index in [0.29, 0.717) is 33.8 Å². The summed E-state index contributed by atoms with van der Waals surface area (Å²) < 4.78 is 10.4. The Morgan fingerprint density at radius 2 is 1.45 bits per heavy atom. The van der Waals surface area contributed by atoms with Gasteiger partial charge in [-0.25, -0.2) is 9.67 Å². The topological polar surface area (TPSA) is 92.5 Å². The summed E-state index contributed by atoms with van der Waals surface area (Å²) in [5.41, 5.74) is 8.07.